The Hall–Kier alpha value is -4.82. The maximum atomic E-state index is 2.44. The average Bonchev–Trinajstić information content (AvgIpc) is 3.47. The fourth-order valence-electron chi connectivity index (χ4n) is 7.28. The third-order valence-corrected chi connectivity index (χ3v) is 9.26. The van der Waals surface area contributed by atoms with Gasteiger partial charge in [-0.2, -0.15) is 0 Å². The Labute approximate surface area is 241 Å². The lowest BCUT2D eigenvalue weighted by molar-refractivity contribution is 0.394. The molecule has 0 aliphatic heterocycles. The summed E-state index contributed by atoms with van der Waals surface area (Å²) in [6.45, 7) is 4.81. The van der Waals surface area contributed by atoms with Crippen LogP contribution < -0.4 is 4.90 Å². The maximum absolute atomic E-state index is 2.44. The molecule has 2 aliphatic carbocycles. The molecule has 0 bridgehead atoms. The van der Waals surface area contributed by atoms with Crippen LogP contribution in [0, 0.1) is 5.92 Å². The van der Waals surface area contributed by atoms with Crippen LogP contribution in [-0.2, 0) is 5.41 Å². The van der Waals surface area contributed by atoms with E-state index in [9.17, 15) is 0 Å². The fourth-order valence-corrected chi connectivity index (χ4v) is 7.28. The number of para-hydroxylation sites is 3. The zero-order chi connectivity index (χ0) is 27.6. The van der Waals surface area contributed by atoms with Crippen LogP contribution in [0.2, 0.25) is 0 Å². The van der Waals surface area contributed by atoms with E-state index in [0.29, 0.717) is 11.8 Å². The van der Waals surface area contributed by atoms with E-state index in [2.05, 4.69) is 169 Å². The largest absolute Gasteiger partial charge is 0.310 e. The molecule has 2 atom stereocenters. The monoisotopic (exact) mass is 528 g/mol. The molecule has 6 aromatic rings. The highest BCUT2D eigenvalue weighted by molar-refractivity contribution is 6.10. The lowest BCUT2D eigenvalue weighted by Gasteiger charge is -2.30. The number of hydrogen-bond acceptors (Lipinski definition) is 1. The zero-order valence-electron chi connectivity index (χ0n) is 23.4. The van der Waals surface area contributed by atoms with Crippen LogP contribution in [0.1, 0.15) is 30.9 Å². The van der Waals surface area contributed by atoms with Crippen molar-refractivity contribution < 1.29 is 0 Å². The molecule has 0 radical (unpaired) electrons. The highest BCUT2D eigenvalue weighted by Crippen LogP contribution is 2.54. The second kappa shape index (κ2) is 9.11. The number of hydrogen-bond donors (Lipinski definition) is 0. The van der Waals surface area contributed by atoms with E-state index in [1.165, 1.54) is 44.3 Å². The predicted octanol–water partition coefficient (Wildman–Crippen LogP) is 10.4. The second-order valence-electron chi connectivity index (χ2n) is 11.9. The van der Waals surface area contributed by atoms with Gasteiger partial charge in [-0.25, -0.2) is 0 Å². The Morgan fingerprint density at radius 3 is 2.07 bits per heavy atom. The van der Waals surface area contributed by atoms with Gasteiger partial charge in [-0.1, -0.05) is 98.8 Å². The van der Waals surface area contributed by atoms with Crippen LogP contribution in [-0.4, -0.2) is 4.57 Å². The molecule has 0 fully saturated rings. The summed E-state index contributed by atoms with van der Waals surface area (Å²) in [6, 6.07) is 44.2. The van der Waals surface area contributed by atoms with Crippen molar-refractivity contribution in [3.8, 4) is 5.69 Å². The minimum Gasteiger partial charge on any atom is -0.310 e. The first-order valence-electron chi connectivity index (χ1n) is 14.5. The Bertz CT molecular complexity index is 1980. The molecule has 5 aromatic carbocycles. The van der Waals surface area contributed by atoms with Crippen LogP contribution >= 0.6 is 0 Å². The van der Waals surface area contributed by atoms with Gasteiger partial charge in [0.05, 0.1) is 11.0 Å². The quantitative estimate of drug-likeness (QED) is 0.221. The van der Waals surface area contributed by atoms with Crippen molar-refractivity contribution in [3.05, 3.63) is 157 Å². The molecular weight excluding hydrogens is 496 g/mol. The first-order chi connectivity index (χ1) is 20.1. The Morgan fingerprint density at radius 1 is 0.585 bits per heavy atom. The molecule has 0 amide bonds. The predicted molar refractivity (Wildman–Crippen MR) is 173 cm³/mol. The molecule has 198 valence electrons. The Balaban J connectivity index is 1.34. The highest BCUT2D eigenvalue weighted by atomic mass is 15.1. The normalized spacial score (nSPS) is 18.5. The van der Waals surface area contributed by atoms with Gasteiger partial charge in [0.25, 0.3) is 0 Å². The molecule has 0 spiro atoms. The van der Waals surface area contributed by atoms with E-state index in [-0.39, 0.29) is 5.41 Å². The fraction of sp³-hybridized carbons (Fsp3) is 0.128. The summed E-state index contributed by atoms with van der Waals surface area (Å²) in [6.07, 6.45) is 9.20. The van der Waals surface area contributed by atoms with Gasteiger partial charge in [-0.15, -0.1) is 0 Å². The summed E-state index contributed by atoms with van der Waals surface area (Å²) in [4.78, 5) is 2.41. The van der Waals surface area contributed by atoms with Crippen molar-refractivity contribution in [3.63, 3.8) is 0 Å². The number of benzene rings is 5. The molecule has 41 heavy (non-hydrogen) atoms. The van der Waals surface area contributed by atoms with E-state index in [1.54, 1.807) is 0 Å². The Morgan fingerprint density at radius 2 is 1.24 bits per heavy atom. The van der Waals surface area contributed by atoms with Crippen molar-refractivity contribution in [2.24, 2.45) is 5.92 Å². The molecule has 2 aliphatic rings. The van der Waals surface area contributed by atoms with Gasteiger partial charge in [-0.3, -0.25) is 0 Å². The van der Waals surface area contributed by atoms with E-state index in [4.69, 9.17) is 0 Å². The third kappa shape index (κ3) is 3.64. The number of aromatic nitrogens is 1. The Kier molecular flexibility index (Phi) is 5.33. The van der Waals surface area contributed by atoms with Crippen LogP contribution in [0.15, 0.2) is 146 Å². The topological polar surface area (TPSA) is 8.17 Å². The van der Waals surface area contributed by atoms with E-state index < -0.39 is 0 Å². The standard InChI is InChI=1S/C39H32N2/c1-39(2)35-19-11-9-17-31(35)32-23-21-30(26-36(32)39)40(27-13-5-3-6-14-27)29-22-24-38-34(25-29)33-18-10-12-20-37(33)41(38)28-15-7-4-8-16-28/h3-26,31,35H,1-2H3. The van der Waals surface area contributed by atoms with Gasteiger partial charge < -0.3 is 9.47 Å². The second-order valence-corrected chi connectivity index (χ2v) is 11.9. The molecule has 1 heterocycles. The minimum absolute atomic E-state index is 0.0622. The molecule has 0 saturated heterocycles. The molecule has 2 heteroatoms. The number of anilines is 3. The van der Waals surface area contributed by atoms with Crippen LogP contribution in [0.5, 0.6) is 0 Å². The van der Waals surface area contributed by atoms with Crippen molar-refractivity contribution in [2.45, 2.75) is 25.2 Å². The lowest BCUT2D eigenvalue weighted by atomic mass is 9.74. The average molecular weight is 529 g/mol. The van der Waals surface area contributed by atoms with Gasteiger partial charge in [0.1, 0.15) is 0 Å². The van der Waals surface area contributed by atoms with Gasteiger partial charge >= 0.3 is 0 Å². The summed E-state index contributed by atoms with van der Waals surface area (Å²) >= 11 is 0. The number of fused-ring (bicyclic) bond motifs is 6. The summed E-state index contributed by atoms with van der Waals surface area (Å²) in [7, 11) is 0. The van der Waals surface area contributed by atoms with Gasteiger partial charge in [0.15, 0.2) is 0 Å². The van der Waals surface area contributed by atoms with Crippen molar-refractivity contribution >= 4 is 38.9 Å². The van der Waals surface area contributed by atoms with E-state index in [0.717, 1.165) is 11.4 Å². The third-order valence-electron chi connectivity index (χ3n) is 9.26. The van der Waals surface area contributed by atoms with Gasteiger partial charge in [0, 0.05) is 39.4 Å². The van der Waals surface area contributed by atoms with Crippen LogP contribution in [0.25, 0.3) is 27.5 Å². The van der Waals surface area contributed by atoms with Gasteiger partial charge in [0.2, 0.25) is 0 Å². The molecule has 8 rings (SSSR count). The summed E-state index contributed by atoms with van der Waals surface area (Å²) in [5.41, 5.74) is 10.1. The summed E-state index contributed by atoms with van der Waals surface area (Å²) in [5, 5.41) is 2.52. The smallest absolute Gasteiger partial charge is 0.0542 e. The van der Waals surface area contributed by atoms with Crippen molar-refractivity contribution in [2.75, 3.05) is 4.90 Å². The summed E-state index contributed by atoms with van der Waals surface area (Å²) < 4.78 is 2.38. The molecule has 2 unspecified atom stereocenters. The lowest BCUT2D eigenvalue weighted by Crippen LogP contribution is -2.24. The molecular formula is C39H32N2. The minimum atomic E-state index is 0.0622. The number of allylic oxidation sites excluding steroid dienone is 4. The molecule has 0 saturated carbocycles. The van der Waals surface area contributed by atoms with Crippen molar-refractivity contribution in [1.29, 1.82) is 0 Å². The van der Waals surface area contributed by atoms with Crippen LogP contribution in [0.4, 0.5) is 17.1 Å². The van der Waals surface area contributed by atoms with Crippen LogP contribution in [0.3, 0.4) is 0 Å². The van der Waals surface area contributed by atoms with Crippen molar-refractivity contribution in [1.82, 2.24) is 4.57 Å². The SMILES string of the molecule is CC1(C)c2cc(N(c3ccccc3)c3ccc4c(c3)c3ccccc3n4-c3ccccc3)ccc2C2C=CC=CC21. The molecule has 0 N–H and O–H groups in total. The van der Waals surface area contributed by atoms with Gasteiger partial charge in [-0.05, 0) is 83.1 Å². The maximum Gasteiger partial charge on any atom is 0.0542 e. The van der Waals surface area contributed by atoms with E-state index in [1.807, 2.05) is 0 Å². The van der Waals surface area contributed by atoms with E-state index >= 15 is 0 Å². The number of rotatable bonds is 4. The summed E-state index contributed by atoms with van der Waals surface area (Å²) in [5.74, 6) is 0.938. The molecule has 1 aromatic heterocycles. The number of nitrogens with zero attached hydrogens (tertiary/aromatic N) is 2. The first-order valence-corrected chi connectivity index (χ1v) is 14.5. The zero-order valence-corrected chi connectivity index (χ0v) is 23.4. The first kappa shape index (κ1) is 24.0. The highest BCUT2D eigenvalue weighted by Gasteiger charge is 2.44. The molecule has 2 nitrogen and oxygen atoms in total.